The number of hydrogen-bond acceptors (Lipinski definition) is 4. The molecule has 0 aromatic carbocycles. The lowest BCUT2D eigenvalue weighted by Crippen LogP contribution is -2.39. The largest absolute Gasteiger partial charge is 0.461 e. The molecule has 0 unspecified atom stereocenters. The maximum absolute atomic E-state index is 12.5. The standard InChI is InChI=1S/C16H22N4O3/c1-19-10-12(9-18-19)8-17-16(21)20-7-3-4-14(20)15-6-5-13(23-15)11-22-2/h5-6,9-10,14H,3-4,7-8,11H2,1-2H3,(H,17,21)/t14-/m1/s1. The van der Waals surface area contributed by atoms with Crippen LogP contribution in [-0.2, 0) is 24.9 Å². The number of rotatable bonds is 5. The van der Waals surface area contributed by atoms with Gasteiger partial charge in [0.25, 0.3) is 0 Å². The van der Waals surface area contributed by atoms with E-state index in [4.69, 9.17) is 9.15 Å². The SMILES string of the molecule is COCc1ccc([C@H]2CCCN2C(=O)NCc2cnn(C)c2)o1. The molecule has 0 spiro atoms. The molecule has 1 aliphatic rings. The van der Waals surface area contributed by atoms with Gasteiger partial charge in [0, 0.05) is 39.0 Å². The first-order chi connectivity index (χ1) is 11.2. The van der Waals surface area contributed by atoms with Crippen LogP contribution < -0.4 is 5.32 Å². The van der Waals surface area contributed by atoms with Crippen molar-refractivity contribution in [2.75, 3.05) is 13.7 Å². The number of carbonyl (C=O) groups excluding carboxylic acids is 1. The number of nitrogens with zero attached hydrogens (tertiary/aromatic N) is 3. The van der Waals surface area contributed by atoms with Gasteiger partial charge in [-0.15, -0.1) is 0 Å². The molecule has 2 amide bonds. The molecule has 124 valence electrons. The lowest BCUT2D eigenvalue weighted by atomic mass is 10.2. The fraction of sp³-hybridized carbons (Fsp3) is 0.500. The zero-order valence-electron chi connectivity index (χ0n) is 13.5. The van der Waals surface area contributed by atoms with Crippen LogP contribution in [0.15, 0.2) is 28.9 Å². The minimum atomic E-state index is -0.0685. The van der Waals surface area contributed by atoms with Crippen molar-refractivity contribution >= 4 is 6.03 Å². The number of aromatic nitrogens is 2. The van der Waals surface area contributed by atoms with Gasteiger partial charge in [-0.3, -0.25) is 4.68 Å². The predicted octanol–water partition coefficient (Wildman–Crippen LogP) is 2.21. The Hall–Kier alpha value is -2.28. The Kier molecular flexibility index (Phi) is 4.66. The second-order valence-corrected chi connectivity index (χ2v) is 5.77. The maximum Gasteiger partial charge on any atom is 0.318 e. The molecule has 0 radical (unpaired) electrons. The summed E-state index contributed by atoms with van der Waals surface area (Å²) in [6.45, 7) is 1.66. The van der Waals surface area contributed by atoms with E-state index >= 15 is 0 Å². The number of ether oxygens (including phenoxy) is 1. The van der Waals surface area contributed by atoms with Crippen molar-refractivity contribution in [1.29, 1.82) is 0 Å². The van der Waals surface area contributed by atoms with E-state index in [0.717, 1.165) is 36.5 Å². The van der Waals surface area contributed by atoms with Gasteiger partial charge >= 0.3 is 6.03 Å². The molecule has 3 rings (SSSR count). The minimum absolute atomic E-state index is 0.00509. The lowest BCUT2D eigenvalue weighted by molar-refractivity contribution is 0.156. The average molecular weight is 318 g/mol. The van der Waals surface area contributed by atoms with Crippen LogP contribution in [0.4, 0.5) is 4.79 Å². The number of carbonyl (C=O) groups is 1. The van der Waals surface area contributed by atoms with Crippen LogP contribution in [0, 0.1) is 0 Å². The Morgan fingerprint density at radius 2 is 2.39 bits per heavy atom. The number of furan rings is 1. The Morgan fingerprint density at radius 1 is 1.52 bits per heavy atom. The van der Waals surface area contributed by atoms with Crippen molar-refractivity contribution in [3.63, 3.8) is 0 Å². The smallest absolute Gasteiger partial charge is 0.318 e. The molecule has 3 heterocycles. The van der Waals surface area contributed by atoms with Crippen molar-refractivity contribution in [2.45, 2.75) is 32.0 Å². The van der Waals surface area contributed by atoms with E-state index in [9.17, 15) is 4.79 Å². The molecule has 0 bridgehead atoms. The topological polar surface area (TPSA) is 72.5 Å². The quantitative estimate of drug-likeness (QED) is 0.917. The van der Waals surface area contributed by atoms with Crippen LogP contribution in [0.25, 0.3) is 0 Å². The average Bonchev–Trinajstić information content (AvgIpc) is 3.24. The number of urea groups is 1. The molecule has 1 saturated heterocycles. The summed E-state index contributed by atoms with van der Waals surface area (Å²) >= 11 is 0. The third kappa shape index (κ3) is 3.56. The van der Waals surface area contributed by atoms with Crippen LogP contribution in [0.3, 0.4) is 0 Å². The number of nitrogens with one attached hydrogen (secondary N) is 1. The first-order valence-electron chi connectivity index (χ1n) is 7.77. The molecule has 23 heavy (non-hydrogen) atoms. The summed E-state index contributed by atoms with van der Waals surface area (Å²) < 4.78 is 12.6. The number of likely N-dealkylation sites (tertiary alicyclic amines) is 1. The molecule has 1 fully saturated rings. The monoisotopic (exact) mass is 318 g/mol. The summed E-state index contributed by atoms with van der Waals surface area (Å²) in [4.78, 5) is 14.3. The molecule has 1 aliphatic heterocycles. The molecular weight excluding hydrogens is 296 g/mol. The van der Waals surface area contributed by atoms with Gasteiger partial charge in [0.05, 0.1) is 12.2 Å². The Morgan fingerprint density at radius 3 is 3.13 bits per heavy atom. The molecule has 2 aromatic heterocycles. The van der Waals surface area contributed by atoms with E-state index in [2.05, 4.69) is 10.4 Å². The molecular formula is C16H22N4O3. The van der Waals surface area contributed by atoms with E-state index in [1.807, 2.05) is 30.3 Å². The van der Waals surface area contributed by atoms with Crippen LogP contribution >= 0.6 is 0 Å². The van der Waals surface area contributed by atoms with Gasteiger partial charge in [0.1, 0.15) is 18.1 Å². The highest BCUT2D eigenvalue weighted by Crippen LogP contribution is 2.33. The van der Waals surface area contributed by atoms with Gasteiger partial charge in [-0.25, -0.2) is 4.79 Å². The van der Waals surface area contributed by atoms with Crippen LogP contribution in [-0.4, -0.2) is 34.4 Å². The molecule has 0 aliphatic carbocycles. The molecule has 7 heteroatoms. The maximum atomic E-state index is 12.5. The third-order valence-electron chi connectivity index (χ3n) is 4.01. The summed E-state index contributed by atoms with van der Waals surface area (Å²) in [5.41, 5.74) is 0.983. The highest BCUT2D eigenvalue weighted by molar-refractivity contribution is 5.75. The Balaban J connectivity index is 1.62. The molecule has 1 atom stereocenters. The van der Waals surface area contributed by atoms with Crippen molar-refractivity contribution in [1.82, 2.24) is 20.0 Å². The summed E-state index contributed by atoms with van der Waals surface area (Å²) in [6.07, 6.45) is 5.54. The van der Waals surface area contributed by atoms with Crippen LogP contribution in [0.2, 0.25) is 0 Å². The number of hydrogen-bond donors (Lipinski definition) is 1. The van der Waals surface area contributed by atoms with E-state index in [0.29, 0.717) is 13.2 Å². The summed E-state index contributed by atoms with van der Waals surface area (Å²) in [5.74, 6) is 1.61. The summed E-state index contributed by atoms with van der Waals surface area (Å²) in [6, 6.07) is 3.77. The Bertz CT molecular complexity index is 664. The molecule has 1 N–H and O–H groups in total. The van der Waals surface area contributed by atoms with Crippen molar-refractivity contribution < 1.29 is 13.9 Å². The van der Waals surface area contributed by atoms with Gasteiger partial charge in [0.2, 0.25) is 0 Å². The second kappa shape index (κ2) is 6.87. The van der Waals surface area contributed by atoms with Gasteiger partial charge < -0.3 is 19.4 Å². The van der Waals surface area contributed by atoms with Gasteiger partial charge in [-0.05, 0) is 25.0 Å². The van der Waals surface area contributed by atoms with Crippen molar-refractivity contribution in [3.8, 4) is 0 Å². The molecule has 0 saturated carbocycles. The fourth-order valence-electron chi connectivity index (χ4n) is 2.94. The minimum Gasteiger partial charge on any atom is -0.461 e. The van der Waals surface area contributed by atoms with Crippen molar-refractivity contribution in [2.24, 2.45) is 7.05 Å². The zero-order chi connectivity index (χ0) is 16.2. The summed E-state index contributed by atoms with van der Waals surface area (Å²) in [5, 5.41) is 7.05. The second-order valence-electron chi connectivity index (χ2n) is 5.77. The van der Waals surface area contributed by atoms with Gasteiger partial charge in [-0.1, -0.05) is 0 Å². The first-order valence-corrected chi connectivity index (χ1v) is 7.77. The van der Waals surface area contributed by atoms with Gasteiger partial charge in [0.15, 0.2) is 0 Å². The van der Waals surface area contributed by atoms with E-state index in [1.165, 1.54) is 0 Å². The highest BCUT2D eigenvalue weighted by Gasteiger charge is 2.32. The number of aryl methyl sites for hydroxylation is 1. The first kappa shape index (κ1) is 15.6. The van der Waals surface area contributed by atoms with E-state index in [-0.39, 0.29) is 12.1 Å². The molecule has 7 nitrogen and oxygen atoms in total. The third-order valence-corrected chi connectivity index (χ3v) is 4.01. The number of methoxy groups -OCH3 is 1. The molecule has 2 aromatic rings. The predicted molar refractivity (Wildman–Crippen MR) is 83.5 cm³/mol. The highest BCUT2D eigenvalue weighted by atomic mass is 16.5. The van der Waals surface area contributed by atoms with Crippen LogP contribution in [0.5, 0.6) is 0 Å². The number of amides is 2. The zero-order valence-corrected chi connectivity index (χ0v) is 13.5. The summed E-state index contributed by atoms with van der Waals surface area (Å²) in [7, 11) is 3.49. The van der Waals surface area contributed by atoms with E-state index < -0.39 is 0 Å². The Labute approximate surface area is 135 Å². The van der Waals surface area contributed by atoms with E-state index in [1.54, 1.807) is 18.0 Å². The lowest BCUT2D eigenvalue weighted by Gasteiger charge is -2.23. The van der Waals surface area contributed by atoms with Crippen LogP contribution in [0.1, 0.15) is 36.0 Å². The fourth-order valence-corrected chi connectivity index (χ4v) is 2.94. The van der Waals surface area contributed by atoms with Crippen molar-refractivity contribution in [3.05, 3.63) is 41.6 Å². The van der Waals surface area contributed by atoms with Gasteiger partial charge in [-0.2, -0.15) is 5.10 Å². The normalized spacial score (nSPS) is 17.7.